The van der Waals surface area contributed by atoms with E-state index in [1.54, 1.807) is 0 Å². The Kier molecular flexibility index (Phi) is 6.04. The largest absolute Gasteiger partial charge is 0.309 e. The summed E-state index contributed by atoms with van der Waals surface area (Å²) in [6, 6.07) is 74.6. The molecule has 0 radical (unpaired) electrons. The summed E-state index contributed by atoms with van der Waals surface area (Å²) in [7, 11) is 0. The Morgan fingerprint density at radius 1 is 0.370 bits per heavy atom. The van der Waals surface area contributed by atoms with Gasteiger partial charge in [0.1, 0.15) is 0 Å². The van der Waals surface area contributed by atoms with Crippen LogP contribution in [0.4, 0.5) is 0 Å². The molecule has 0 N–H and O–H groups in total. The van der Waals surface area contributed by atoms with Crippen LogP contribution in [-0.2, 0) is 5.41 Å². The van der Waals surface area contributed by atoms with E-state index in [0.29, 0.717) is 0 Å². The molecular formula is C53H33N. The standard InChI is InChI=1S/C53H33N/c1-3-16-38(17-4-1)53(39-18-5-2-6-19-39)46-23-9-7-22-45(46)51-47(53)32-31-44-42-21-8-10-24-48(42)54(52(44)51)40-20-12-15-37(33-40)41-29-27-36-26-25-34-13-11-14-35-28-30-43(41)50(36)49(34)35/h1-33H. The highest BCUT2D eigenvalue weighted by molar-refractivity contribution is 6.25. The van der Waals surface area contributed by atoms with Crippen molar-refractivity contribution < 1.29 is 0 Å². The molecule has 0 bridgehead atoms. The maximum atomic E-state index is 2.53. The number of hydrogen-bond donors (Lipinski definition) is 0. The number of rotatable bonds is 4. The first-order valence-corrected chi connectivity index (χ1v) is 18.9. The van der Waals surface area contributed by atoms with Gasteiger partial charge in [0, 0.05) is 22.0 Å². The summed E-state index contributed by atoms with van der Waals surface area (Å²) in [5.41, 5.74) is 13.4. The van der Waals surface area contributed by atoms with Gasteiger partial charge < -0.3 is 4.57 Å². The SMILES string of the molecule is c1ccc(C2(c3ccccc3)c3ccccc3-c3c2ccc2c4ccccc4n(-c4cccc(-c5ccc6ccc7cccc8ccc5c6c78)c4)c32)cc1. The average molecular weight is 684 g/mol. The van der Waals surface area contributed by atoms with Crippen molar-refractivity contribution in [1.29, 1.82) is 0 Å². The second-order valence-corrected chi connectivity index (χ2v) is 14.8. The molecule has 11 aromatic rings. The lowest BCUT2D eigenvalue weighted by Gasteiger charge is -2.33. The van der Waals surface area contributed by atoms with E-state index in [1.165, 1.54) is 98.6 Å². The first-order chi connectivity index (χ1) is 26.8. The Morgan fingerprint density at radius 2 is 1.00 bits per heavy atom. The third-order valence-electron chi connectivity index (χ3n) is 12.2. The van der Waals surface area contributed by atoms with Gasteiger partial charge in [-0.1, -0.05) is 182 Å². The van der Waals surface area contributed by atoms with Gasteiger partial charge in [-0.3, -0.25) is 0 Å². The summed E-state index contributed by atoms with van der Waals surface area (Å²) in [4.78, 5) is 0. The van der Waals surface area contributed by atoms with Crippen molar-refractivity contribution in [3.05, 3.63) is 222 Å². The molecule has 12 rings (SSSR count). The van der Waals surface area contributed by atoms with Gasteiger partial charge in [0.05, 0.1) is 16.4 Å². The van der Waals surface area contributed by atoms with E-state index in [2.05, 4.69) is 205 Å². The van der Waals surface area contributed by atoms with Crippen LogP contribution in [0.2, 0.25) is 0 Å². The van der Waals surface area contributed by atoms with Crippen molar-refractivity contribution in [2.24, 2.45) is 0 Å². The van der Waals surface area contributed by atoms with Crippen molar-refractivity contribution in [3.8, 4) is 27.9 Å². The molecule has 1 heterocycles. The quantitative estimate of drug-likeness (QED) is 0.163. The normalized spacial score (nSPS) is 13.3. The lowest BCUT2D eigenvalue weighted by atomic mass is 9.67. The summed E-state index contributed by atoms with van der Waals surface area (Å²) >= 11 is 0. The van der Waals surface area contributed by atoms with Gasteiger partial charge in [0.25, 0.3) is 0 Å². The third-order valence-corrected chi connectivity index (χ3v) is 12.2. The first-order valence-electron chi connectivity index (χ1n) is 18.9. The second-order valence-electron chi connectivity index (χ2n) is 14.8. The van der Waals surface area contributed by atoms with Crippen LogP contribution >= 0.6 is 0 Å². The van der Waals surface area contributed by atoms with Crippen molar-refractivity contribution in [3.63, 3.8) is 0 Å². The van der Waals surface area contributed by atoms with Crippen LogP contribution in [0.5, 0.6) is 0 Å². The fraction of sp³-hybridized carbons (Fsp3) is 0.0189. The molecule has 1 nitrogen and oxygen atoms in total. The van der Waals surface area contributed by atoms with Crippen LogP contribution in [0.15, 0.2) is 200 Å². The molecule has 0 spiro atoms. The van der Waals surface area contributed by atoms with Gasteiger partial charge in [-0.05, 0) is 89.5 Å². The zero-order chi connectivity index (χ0) is 35.4. The summed E-state index contributed by atoms with van der Waals surface area (Å²) in [6.45, 7) is 0. The smallest absolute Gasteiger partial charge is 0.0714 e. The Hall–Kier alpha value is -6.96. The van der Waals surface area contributed by atoms with E-state index in [0.717, 1.165) is 5.69 Å². The fourth-order valence-corrected chi connectivity index (χ4v) is 10.0. The van der Waals surface area contributed by atoms with Crippen LogP contribution in [0.25, 0.3) is 82.1 Å². The predicted molar refractivity (Wildman–Crippen MR) is 227 cm³/mol. The summed E-state index contributed by atoms with van der Waals surface area (Å²) < 4.78 is 2.53. The van der Waals surface area contributed by atoms with Crippen molar-refractivity contribution >= 4 is 54.1 Å². The molecule has 0 unspecified atom stereocenters. The zero-order valence-corrected chi connectivity index (χ0v) is 29.5. The predicted octanol–water partition coefficient (Wildman–Crippen LogP) is 13.7. The molecule has 54 heavy (non-hydrogen) atoms. The Balaban J connectivity index is 1.17. The van der Waals surface area contributed by atoms with Crippen LogP contribution in [0.1, 0.15) is 22.3 Å². The maximum absolute atomic E-state index is 2.53. The van der Waals surface area contributed by atoms with E-state index in [1.807, 2.05) is 0 Å². The molecular weight excluding hydrogens is 651 g/mol. The van der Waals surface area contributed by atoms with Crippen molar-refractivity contribution in [2.75, 3.05) is 0 Å². The summed E-state index contributed by atoms with van der Waals surface area (Å²) in [6.07, 6.45) is 0. The van der Waals surface area contributed by atoms with Crippen molar-refractivity contribution in [2.45, 2.75) is 5.41 Å². The minimum absolute atomic E-state index is 0.465. The second kappa shape index (κ2) is 11.0. The number of nitrogens with zero attached hydrogens (tertiary/aromatic N) is 1. The molecule has 0 fully saturated rings. The number of aromatic nitrogens is 1. The van der Waals surface area contributed by atoms with Crippen LogP contribution < -0.4 is 0 Å². The zero-order valence-electron chi connectivity index (χ0n) is 29.5. The van der Waals surface area contributed by atoms with Crippen LogP contribution in [-0.4, -0.2) is 4.57 Å². The summed E-state index contributed by atoms with van der Waals surface area (Å²) in [5.74, 6) is 0. The molecule has 0 amide bonds. The van der Waals surface area contributed by atoms with E-state index in [9.17, 15) is 0 Å². The summed E-state index contributed by atoms with van der Waals surface area (Å²) in [5, 5.41) is 10.4. The highest BCUT2D eigenvalue weighted by atomic mass is 15.0. The van der Waals surface area contributed by atoms with Gasteiger partial charge in [-0.2, -0.15) is 0 Å². The maximum Gasteiger partial charge on any atom is 0.0714 e. The minimum Gasteiger partial charge on any atom is -0.309 e. The highest BCUT2D eigenvalue weighted by Crippen LogP contribution is 2.58. The molecule has 0 atom stereocenters. The van der Waals surface area contributed by atoms with E-state index in [-0.39, 0.29) is 0 Å². The van der Waals surface area contributed by atoms with Gasteiger partial charge >= 0.3 is 0 Å². The monoisotopic (exact) mass is 683 g/mol. The number of benzene rings is 10. The first kappa shape index (κ1) is 29.6. The van der Waals surface area contributed by atoms with E-state index >= 15 is 0 Å². The molecule has 1 aliphatic carbocycles. The molecule has 0 saturated carbocycles. The molecule has 250 valence electrons. The number of fused-ring (bicyclic) bond motifs is 7. The van der Waals surface area contributed by atoms with Crippen LogP contribution in [0.3, 0.4) is 0 Å². The molecule has 1 heteroatoms. The third kappa shape index (κ3) is 3.83. The topological polar surface area (TPSA) is 4.93 Å². The van der Waals surface area contributed by atoms with Gasteiger partial charge in [0.15, 0.2) is 0 Å². The molecule has 1 aliphatic rings. The molecule has 10 aromatic carbocycles. The van der Waals surface area contributed by atoms with Crippen molar-refractivity contribution in [1.82, 2.24) is 4.57 Å². The lowest BCUT2D eigenvalue weighted by Crippen LogP contribution is -2.28. The van der Waals surface area contributed by atoms with Gasteiger partial charge in [0.2, 0.25) is 0 Å². The van der Waals surface area contributed by atoms with Gasteiger partial charge in [-0.25, -0.2) is 0 Å². The number of para-hydroxylation sites is 1. The fourth-order valence-electron chi connectivity index (χ4n) is 10.0. The molecule has 0 aliphatic heterocycles. The Labute approximate surface area is 313 Å². The average Bonchev–Trinajstić information content (AvgIpc) is 3.74. The van der Waals surface area contributed by atoms with Crippen LogP contribution in [0, 0.1) is 0 Å². The minimum atomic E-state index is -0.465. The van der Waals surface area contributed by atoms with E-state index < -0.39 is 5.41 Å². The van der Waals surface area contributed by atoms with E-state index in [4.69, 9.17) is 0 Å². The highest BCUT2D eigenvalue weighted by Gasteiger charge is 2.47. The number of hydrogen-bond acceptors (Lipinski definition) is 0. The lowest BCUT2D eigenvalue weighted by molar-refractivity contribution is 0.769. The van der Waals surface area contributed by atoms with Gasteiger partial charge in [-0.15, -0.1) is 0 Å². The molecule has 0 saturated heterocycles. The Morgan fingerprint density at radius 3 is 1.80 bits per heavy atom. The molecule has 1 aromatic heterocycles. The Bertz CT molecular complexity index is 3200.